The third kappa shape index (κ3) is 5.13. The molecule has 2 fully saturated rings. The summed E-state index contributed by atoms with van der Waals surface area (Å²) in [4.78, 5) is 2.52. The quantitative estimate of drug-likeness (QED) is 0.604. The third-order valence-corrected chi connectivity index (χ3v) is 7.08. The van der Waals surface area contributed by atoms with E-state index in [1.165, 1.54) is 32.2 Å². The lowest BCUT2D eigenvalue weighted by Crippen LogP contribution is -2.36. The summed E-state index contributed by atoms with van der Waals surface area (Å²) in [5, 5.41) is 10.1. The summed E-state index contributed by atoms with van der Waals surface area (Å²) < 4.78 is 13.5. The highest BCUT2D eigenvalue weighted by molar-refractivity contribution is 7.99. The summed E-state index contributed by atoms with van der Waals surface area (Å²) >= 11 is 1.83. The Morgan fingerprint density at radius 3 is 2.72 bits per heavy atom. The van der Waals surface area contributed by atoms with Crippen LogP contribution in [0.1, 0.15) is 38.5 Å². The maximum atomic E-state index is 5.91. The smallest absolute Gasteiger partial charge is 0.191 e. The normalized spacial score (nSPS) is 22.8. The molecule has 0 spiro atoms. The van der Waals surface area contributed by atoms with Crippen LogP contribution in [0, 0.1) is 0 Å². The Hall–Kier alpha value is -1.57. The number of benzene rings is 1. The molecule has 3 heterocycles. The summed E-state index contributed by atoms with van der Waals surface area (Å²) in [6, 6.07) is 8.77. The minimum atomic E-state index is 0.256. The van der Waals surface area contributed by atoms with Gasteiger partial charge in [0.15, 0.2) is 11.0 Å². The minimum Gasteiger partial charge on any atom is -0.497 e. The number of aromatic nitrogens is 3. The maximum absolute atomic E-state index is 5.91. The van der Waals surface area contributed by atoms with Gasteiger partial charge in [0.1, 0.15) is 5.75 Å². The molecule has 0 saturated carbocycles. The van der Waals surface area contributed by atoms with Gasteiger partial charge in [-0.2, -0.15) is 0 Å². The SMILES string of the molecule is COc1ccc(-c2nnc(SCCC3CCCCN3C)n2CC2CCCO2)cc1. The lowest BCUT2D eigenvalue weighted by Gasteiger charge is -2.32. The average molecular weight is 417 g/mol. The Morgan fingerprint density at radius 1 is 1.14 bits per heavy atom. The van der Waals surface area contributed by atoms with E-state index < -0.39 is 0 Å². The number of methoxy groups -OCH3 is 1. The van der Waals surface area contributed by atoms with Crippen molar-refractivity contribution in [3.63, 3.8) is 0 Å². The minimum absolute atomic E-state index is 0.256. The van der Waals surface area contributed by atoms with Crippen LogP contribution in [0.2, 0.25) is 0 Å². The average Bonchev–Trinajstić information content (AvgIpc) is 3.40. The molecule has 2 atom stereocenters. The van der Waals surface area contributed by atoms with Crippen molar-refractivity contribution in [1.82, 2.24) is 19.7 Å². The first-order chi connectivity index (χ1) is 14.2. The van der Waals surface area contributed by atoms with Crippen molar-refractivity contribution in [2.45, 2.75) is 62.4 Å². The van der Waals surface area contributed by atoms with Crippen LogP contribution >= 0.6 is 11.8 Å². The van der Waals surface area contributed by atoms with Crippen LogP contribution in [0.4, 0.5) is 0 Å². The van der Waals surface area contributed by atoms with Crippen LogP contribution in [0.15, 0.2) is 29.4 Å². The number of ether oxygens (including phenoxy) is 2. The lowest BCUT2D eigenvalue weighted by atomic mass is 10.0. The molecule has 0 N–H and O–H groups in total. The lowest BCUT2D eigenvalue weighted by molar-refractivity contribution is 0.0953. The molecule has 2 aromatic rings. The second kappa shape index (κ2) is 9.96. The topological polar surface area (TPSA) is 52.4 Å². The molecule has 1 aromatic heterocycles. The van der Waals surface area contributed by atoms with Crippen LogP contribution in [-0.2, 0) is 11.3 Å². The standard InChI is InChI=1S/C22H32N4O2S/c1-25-13-4-3-6-18(25)12-15-29-22-24-23-21(17-8-10-19(27-2)11-9-17)26(22)16-20-7-5-14-28-20/h8-11,18,20H,3-7,12-16H2,1-2H3. The fraction of sp³-hybridized carbons (Fsp3) is 0.636. The van der Waals surface area contributed by atoms with E-state index in [1.54, 1.807) is 7.11 Å². The van der Waals surface area contributed by atoms with Gasteiger partial charge in [-0.25, -0.2) is 0 Å². The fourth-order valence-electron chi connectivity index (χ4n) is 4.30. The summed E-state index contributed by atoms with van der Waals surface area (Å²) in [6.45, 7) is 2.91. The first kappa shape index (κ1) is 20.7. The zero-order chi connectivity index (χ0) is 20.1. The van der Waals surface area contributed by atoms with E-state index in [0.29, 0.717) is 6.04 Å². The maximum Gasteiger partial charge on any atom is 0.191 e. The van der Waals surface area contributed by atoms with Crippen molar-refractivity contribution in [1.29, 1.82) is 0 Å². The first-order valence-electron chi connectivity index (χ1n) is 10.8. The molecular formula is C22H32N4O2S. The molecule has 2 aliphatic heterocycles. The molecule has 158 valence electrons. The molecule has 0 bridgehead atoms. The number of nitrogens with zero attached hydrogens (tertiary/aromatic N) is 4. The van der Waals surface area contributed by atoms with E-state index in [0.717, 1.165) is 54.0 Å². The van der Waals surface area contributed by atoms with Gasteiger partial charge in [-0.3, -0.25) is 4.57 Å². The van der Waals surface area contributed by atoms with Gasteiger partial charge in [0.25, 0.3) is 0 Å². The van der Waals surface area contributed by atoms with Gasteiger partial charge in [0.05, 0.1) is 19.8 Å². The molecule has 0 radical (unpaired) electrons. The highest BCUT2D eigenvalue weighted by Gasteiger charge is 2.23. The number of thioether (sulfide) groups is 1. The molecule has 0 aliphatic carbocycles. The Labute approximate surface area is 178 Å². The Balaban J connectivity index is 1.48. The van der Waals surface area contributed by atoms with Gasteiger partial charge in [-0.05, 0) is 70.0 Å². The first-order valence-corrected chi connectivity index (χ1v) is 11.8. The summed E-state index contributed by atoms with van der Waals surface area (Å²) in [5.74, 6) is 2.84. The summed E-state index contributed by atoms with van der Waals surface area (Å²) in [5.41, 5.74) is 1.06. The number of hydrogen-bond acceptors (Lipinski definition) is 6. The van der Waals surface area contributed by atoms with Gasteiger partial charge >= 0.3 is 0 Å². The number of rotatable bonds is 8. The zero-order valence-electron chi connectivity index (χ0n) is 17.5. The fourth-order valence-corrected chi connectivity index (χ4v) is 5.29. The van der Waals surface area contributed by atoms with Crippen LogP contribution in [0.25, 0.3) is 11.4 Å². The molecule has 29 heavy (non-hydrogen) atoms. The monoisotopic (exact) mass is 416 g/mol. The largest absolute Gasteiger partial charge is 0.497 e. The van der Waals surface area contributed by atoms with E-state index in [9.17, 15) is 0 Å². The van der Waals surface area contributed by atoms with Crippen molar-refractivity contribution in [2.24, 2.45) is 0 Å². The molecular weight excluding hydrogens is 384 g/mol. The Kier molecular flexibility index (Phi) is 7.11. The number of hydrogen-bond donors (Lipinski definition) is 0. The highest BCUT2D eigenvalue weighted by Crippen LogP contribution is 2.29. The Morgan fingerprint density at radius 2 is 2.00 bits per heavy atom. The van der Waals surface area contributed by atoms with Crippen molar-refractivity contribution < 1.29 is 9.47 Å². The number of likely N-dealkylation sites (tertiary alicyclic amines) is 1. The van der Waals surface area contributed by atoms with Gasteiger partial charge in [-0.15, -0.1) is 10.2 Å². The van der Waals surface area contributed by atoms with E-state index in [-0.39, 0.29) is 6.10 Å². The second-order valence-corrected chi connectivity index (χ2v) is 9.11. The second-order valence-electron chi connectivity index (χ2n) is 8.05. The van der Waals surface area contributed by atoms with Crippen molar-refractivity contribution in [2.75, 3.05) is 33.1 Å². The van der Waals surface area contributed by atoms with Gasteiger partial charge < -0.3 is 14.4 Å². The van der Waals surface area contributed by atoms with Crippen molar-refractivity contribution >= 4 is 11.8 Å². The van der Waals surface area contributed by atoms with Crippen molar-refractivity contribution in [3.8, 4) is 17.1 Å². The molecule has 2 aliphatic rings. The molecule has 7 heteroatoms. The summed E-state index contributed by atoms with van der Waals surface area (Å²) in [6.07, 6.45) is 7.71. The van der Waals surface area contributed by atoms with Crippen LogP contribution in [-0.4, -0.2) is 64.9 Å². The highest BCUT2D eigenvalue weighted by atomic mass is 32.2. The zero-order valence-corrected chi connectivity index (χ0v) is 18.4. The molecule has 6 nitrogen and oxygen atoms in total. The van der Waals surface area contributed by atoms with E-state index >= 15 is 0 Å². The predicted octanol–water partition coefficient (Wildman–Crippen LogP) is 4.10. The van der Waals surface area contributed by atoms with Gasteiger partial charge in [-0.1, -0.05) is 18.2 Å². The van der Waals surface area contributed by atoms with Gasteiger partial charge in [0.2, 0.25) is 0 Å². The third-order valence-electron chi connectivity index (χ3n) is 6.08. The van der Waals surface area contributed by atoms with Gasteiger partial charge in [0, 0.05) is 24.0 Å². The van der Waals surface area contributed by atoms with Crippen LogP contribution < -0.4 is 4.74 Å². The van der Waals surface area contributed by atoms with E-state index in [2.05, 4.69) is 38.8 Å². The van der Waals surface area contributed by atoms with E-state index in [1.807, 2.05) is 23.9 Å². The molecule has 2 saturated heterocycles. The van der Waals surface area contributed by atoms with E-state index in [4.69, 9.17) is 9.47 Å². The molecule has 4 rings (SSSR count). The summed E-state index contributed by atoms with van der Waals surface area (Å²) in [7, 11) is 3.95. The molecule has 0 amide bonds. The molecule has 2 unspecified atom stereocenters. The van der Waals surface area contributed by atoms with Crippen LogP contribution in [0.5, 0.6) is 5.75 Å². The molecule has 1 aromatic carbocycles. The van der Waals surface area contributed by atoms with Crippen LogP contribution in [0.3, 0.4) is 0 Å². The number of piperidine rings is 1. The predicted molar refractivity (Wildman–Crippen MR) is 117 cm³/mol. The van der Waals surface area contributed by atoms with Crippen molar-refractivity contribution in [3.05, 3.63) is 24.3 Å². The Bertz CT molecular complexity index is 774.